The van der Waals surface area contributed by atoms with Gasteiger partial charge < -0.3 is 5.73 Å². The molecule has 92 valence electrons. The quantitative estimate of drug-likeness (QED) is 0.844. The molecular weight excluding hydrogens is 240 g/mol. The molecule has 1 aromatic rings. The first kappa shape index (κ1) is 11.9. The lowest BCUT2D eigenvalue weighted by molar-refractivity contribution is 0.100. The van der Waals surface area contributed by atoms with Crippen LogP contribution in [-0.4, -0.2) is 26.6 Å². The average molecular weight is 254 g/mol. The first-order chi connectivity index (χ1) is 8.00. The molecule has 0 aromatic heterocycles. The van der Waals surface area contributed by atoms with Gasteiger partial charge in [-0.2, -0.15) is 0 Å². The molecule has 5 nitrogen and oxygen atoms in total. The second-order valence-corrected chi connectivity index (χ2v) is 6.02. The molecule has 0 radical (unpaired) electrons. The van der Waals surface area contributed by atoms with Crippen LogP contribution in [-0.2, 0) is 10.0 Å². The predicted octanol–water partition coefficient (Wildman–Crippen LogP) is 0.716. The van der Waals surface area contributed by atoms with Crippen molar-refractivity contribution in [3.63, 3.8) is 0 Å². The van der Waals surface area contributed by atoms with Crippen LogP contribution in [0.25, 0.3) is 0 Å². The van der Waals surface area contributed by atoms with E-state index in [0.717, 1.165) is 6.42 Å². The summed E-state index contributed by atoms with van der Waals surface area (Å²) >= 11 is 0. The van der Waals surface area contributed by atoms with Gasteiger partial charge in [0.25, 0.3) is 0 Å². The van der Waals surface area contributed by atoms with E-state index in [-0.39, 0.29) is 5.75 Å². The van der Waals surface area contributed by atoms with Gasteiger partial charge >= 0.3 is 0 Å². The number of amides is 1. The normalized spacial score (nSPS) is 18.9. The third-order valence-electron chi connectivity index (χ3n) is 2.79. The van der Waals surface area contributed by atoms with Gasteiger partial charge in [-0.15, -0.1) is 0 Å². The summed E-state index contributed by atoms with van der Waals surface area (Å²) in [6, 6.07) is 6.31. The average Bonchev–Trinajstić information content (AvgIpc) is 2.28. The van der Waals surface area contributed by atoms with E-state index in [1.54, 1.807) is 24.3 Å². The molecule has 0 aliphatic carbocycles. The molecule has 1 aliphatic heterocycles. The van der Waals surface area contributed by atoms with Crippen molar-refractivity contribution < 1.29 is 13.2 Å². The van der Waals surface area contributed by atoms with Crippen LogP contribution in [0.5, 0.6) is 0 Å². The summed E-state index contributed by atoms with van der Waals surface area (Å²) in [5, 5.41) is 0. The van der Waals surface area contributed by atoms with E-state index in [2.05, 4.69) is 0 Å². The number of primary amides is 1. The number of sulfonamides is 1. The maximum atomic E-state index is 11.8. The SMILES string of the molecule is NC(=O)c1ccc(N2CCCCS2(=O)=O)cc1. The lowest BCUT2D eigenvalue weighted by Crippen LogP contribution is -2.37. The van der Waals surface area contributed by atoms with Crippen molar-refractivity contribution >= 4 is 21.6 Å². The first-order valence-electron chi connectivity index (χ1n) is 5.41. The Morgan fingerprint density at radius 1 is 1.18 bits per heavy atom. The Morgan fingerprint density at radius 2 is 1.82 bits per heavy atom. The Morgan fingerprint density at radius 3 is 2.35 bits per heavy atom. The maximum Gasteiger partial charge on any atom is 0.248 e. The fraction of sp³-hybridized carbons (Fsp3) is 0.364. The molecule has 0 spiro atoms. The number of carbonyl (C=O) groups excluding carboxylic acids is 1. The molecule has 0 saturated carbocycles. The third kappa shape index (κ3) is 2.41. The van der Waals surface area contributed by atoms with Gasteiger partial charge in [-0.3, -0.25) is 9.10 Å². The highest BCUT2D eigenvalue weighted by atomic mass is 32.2. The molecule has 6 heteroatoms. The van der Waals surface area contributed by atoms with Crippen molar-refractivity contribution in [2.24, 2.45) is 5.73 Å². The van der Waals surface area contributed by atoms with E-state index in [0.29, 0.717) is 24.2 Å². The summed E-state index contributed by atoms with van der Waals surface area (Å²) in [5.41, 5.74) is 6.10. The van der Waals surface area contributed by atoms with Crippen LogP contribution < -0.4 is 10.0 Å². The molecule has 0 unspecified atom stereocenters. The number of carbonyl (C=O) groups is 1. The molecule has 1 aliphatic rings. The Kier molecular flexibility index (Phi) is 3.06. The van der Waals surface area contributed by atoms with E-state index in [1.807, 2.05) is 0 Å². The highest BCUT2D eigenvalue weighted by Gasteiger charge is 2.25. The van der Waals surface area contributed by atoms with E-state index < -0.39 is 15.9 Å². The number of hydrogen-bond acceptors (Lipinski definition) is 3. The van der Waals surface area contributed by atoms with Gasteiger partial charge in [0.05, 0.1) is 11.4 Å². The first-order valence-corrected chi connectivity index (χ1v) is 7.02. The molecule has 0 atom stereocenters. The minimum absolute atomic E-state index is 0.185. The second kappa shape index (κ2) is 4.37. The van der Waals surface area contributed by atoms with Gasteiger partial charge in [0.2, 0.25) is 15.9 Å². The maximum absolute atomic E-state index is 11.8. The number of rotatable bonds is 2. The van der Waals surface area contributed by atoms with Gasteiger partial charge in [0.1, 0.15) is 0 Å². The lowest BCUT2D eigenvalue weighted by atomic mass is 10.2. The van der Waals surface area contributed by atoms with Crippen molar-refractivity contribution in [1.29, 1.82) is 0 Å². The topological polar surface area (TPSA) is 80.5 Å². The summed E-state index contributed by atoms with van der Waals surface area (Å²) in [6.07, 6.45) is 1.56. The van der Waals surface area contributed by atoms with Crippen molar-refractivity contribution in [1.82, 2.24) is 0 Å². The van der Waals surface area contributed by atoms with Crippen molar-refractivity contribution in [2.75, 3.05) is 16.6 Å². The van der Waals surface area contributed by atoms with Crippen LogP contribution >= 0.6 is 0 Å². The summed E-state index contributed by atoms with van der Waals surface area (Å²) in [6.45, 7) is 0.498. The molecule has 1 amide bonds. The largest absolute Gasteiger partial charge is 0.366 e. The number of benzene rings is 1. The Hall–Kier alpha value is -1.56. The van der Waals surface area contributed by atoms with Crippen molar-refractivity contribution in [2.45, 2.75) is 12.8 Å². The van der Waals surface area contributed by atoms with Gasteiger partial charge in [-0.1, -0.05) is 0 Å². The Bertz CT molecular complexity index is 522. The number of nitrogens with zero attached hydrogens (tertiary/aromatic N) is 1. The minimum Gasteiger partial charge on any atom is -0.366 e. The molecular formula is C11H14N2O3S. The van der Waals surface area contributed by atoms with Crippen LogP contribution in [0.15, 0.2) is 24.3 Å². The van der Waals surface area contributed by atoms with E-state index in [9.17, 15) is 13.2 Å². The summed E-state index contributed by atoms with van der Waals surface area (Å²) < 4.78 is 25.1. The second-order valence-electron chi connectivity index (χ2n) is 4.01. The zero-order chi connectivity index (χ0) is 12.5. The molecule has 1 heterocycles. The van der Waals surface area contributed by atoms with Gasteiger partial charge in [-0.05, 0) is 37.1 Å². The standard InChI is InChI=1S/C11H14N2O3S/c12-11(14)9-3-5-10(6-4-9)13-7-1-2-8-17(13,15)16/h3-6H,1-2,7-8H2,(H2,12,14). The Labute approximate surface area is 100 Å². The van der Waals surface area contributed by atoms with Crippen molar-refractivity contribution in [3.8, 4) is 0 Å². The van der Waals surface area contributed by atoms with Crippen molar-refractivity contribution in [3.05, 3.63) is 29.8 Å². The Balaban J connectivity index is 2.30. The summed E-state index contributed by atoms with van der Waals surface area (Å²) in [5.74, 6) is -0.331. The van der Waals surface area contributed by atoms with E-state index in [4.69, 9.17) is 5.73 Å². The van der Waals surface area contributed by atoms with Crippen LogP contribution in [0.3, 0.4) is 0 Å². The molecule has 2 rings (SSSR count). The van der Waals surface area contributed by atoms with E-state index >= 15 is 0 Å². The molecule has 2 N–H and O–H groups in total. The number of nitrogens with two attached hydrogens (primary N) is 1. The fourth-order valence-electron chi connectivity index (χ4n) is 1.87. The fourth-order valence-corrected chi connectivity index (χ4v) is 3.51. The number of hydrogen-bond donors (Lipinski definition) is 1. The van der Waals surface area contributed by atoms with Crippen LogP contribution in [0.2, 0.25) is 0 Å². The predicted molar refractivity (Wildman–Crippen MR) is 65.3 cm³/mol. The van der Waals surface area contributed by atoms with E-state index in [1.165, 1.54) is 4.31 Å². The molecule has 0 bridgehead atoms. The zero-order valence-electron chi connectivity index (χ0n) is 9.30. The number of anilines is 1. The lowest BCUT2D eigenvalue weighted by Gasteiger charge is -2.28. The summed E-state index contributed by atoms with van der Waals surface area (Å²) in [4.78, 5) is 10.9. The minimum atomic E-state index is -3.19. The molecule has 1 aromatic carbocycles. The highest BCUT2D eigenvalue weighted by molar-refractivity contribution is 7.92. The van der Waals surface area contributed by atoms with Crippen LogP contribution in [0.1, 0.15) is 23.2 Å². The highest BCUT2D eigenvalue weighted by Crippen LogP contribution is 2.23. The molecule has 17 heavy (non-hydrogen) atoms. The third-order valence-corrected chi connectivity index (χ3v) is 4.66. The smallest absolute Gasteiger partial charge is 0.248 e. The van der Waals surface area contributed by atoms with Crippen LogP contribution in [0, 0.1) is 0 Å². The summed E-state index contributed by atoms with van der Waals surface area (Å²) in [7, 11) is -3.19. The monoisotopic (exact) mass is 254 g/mol. The molecule has 1 fully saturated rings. The van der Waals surface area contributed by atoms with Gasteiger partial charge in [0, 0.05) is 12.1 Å². The molecule has 1 saturated heterocycles. The van der Waals surface area contributed by atoms with Crippen LogP contribution in [0.4, 0.5) is 5.69 Å². The van der Waals surface area contributed by atoms with Gasteiger partial charge in [-0.25, -0.2) is 8.42 Å². The van der Waals surface area contributed by atoms with Gasteiger partial charge in [0.15, 0.2) is 0 Å². The zero-order valence-corrected chi connectivity index (χ0v) is 10.1.